The minimum Gasteiger partial charge on any atom is -0.369 e. The van der Waals surface area contributed by atoms with Gasteiger partial charge < -0.3 is 10.4 Å². The molecule has 13 heteroatoms. The molecule has 1 amide bonds. The van der Waals surface area contributed by atoms with E-state index in [4.69, 9.17) is 0 Å². The first-order chi connectivity index (χ1) is 14.6. The number of anilines is 1. The summed E-state index contributed by atoms with van der Waals surface area (Å²) in [7, 11) is -3.76. The maximum atomic E-state index is 12.9. The maximum Gasteiger partial charge on any atom is 0.430 e. The SMILES string of the molecule is CCNS(=O)(=O)c1cccc(CC(=O)Nc2ccc(C(O)(C(F)(F)F)C(F)(F)F)cc2)c1. The summed E-state index contributed by atoms with van der Waals surface area (Å²) in [6.07, 6.45) is -12.4. The van der Waals surface area contributed by atoms with Crippen molar-refractivity contribution < 1.29 is 44.7 Å². The van der Waals surface area contributed by atoms with Crippen molar-refractivity contribution in [1.82, 2.24) is 4.72 Å². The number of aliphatic hydroxyl groups is 1. The number of hydrogen-bond donors (Lipinski definition) is 3. The summed E-state index contributed by atoms with van der Waals surface area (Å²) in [5, 5.41) is 11.6. The monoisotopic (exact) mass is 484 g/mol. The number of halogens is 6. The normalized spacial score (nSPS) is 13.1. The van der Waals surface area contributed by atoms with Gasteiger partial charge in [-0.2, -0.15) is 26.3 Å². The van der Waals surface area contributed by atoms with Crippen molar-refractivity contribution in [1.29, 1.82) is 0 Å². The topological polar surface area (TPSA) is 95.5 Å². The van der Waals surface area contributed by atoms with Crippen LogP contribution >= 0.6 is 0 Å². The van der Waals surface area contributed by atoms with Crippen molar-refractivity contribution in [3.05, 3.63) is 59.7 Å². The molecule has 0 saturated heterocycles. The van der Waals surface area contributed by atoms with Crippen LogP contribution in [0.2, 0.25) is 0 Å². The van der Waals surface area contributed by atoms with Gasteiger partial charge in [0, 0.05) is 17.8 Å². The fraction of sp³-hybridized carbons (Fsp3) is 0.316. The van der Waals surface area contributed by atoms with Crippen molar-refractivity contribution in [2.24, 2.45) is 0 Å². The van der Waals surface area contributed by atoms with Gasteiger partial charge in [0.25, 0.3) is 5.60 Å². The molecule has 0 aromatic heterocycles. The highest BCUT2D eigenvalue weighted by Crippen LogP contribution is 2.50. The molecule has 0 heterocycles. The minimum atomic E-state index is -6.02. The Bertz CT molecular complexity index is 1050. The summed E-state index contributed by atoms with van der Waals surface area (Å²) in [6.45, 7) is 1.74. The van der Waals surface area contributed by atoms with Crippen molar-refractivity contribution in [3.63, 3.8) is 0 Å². The average molecular weight is 484 g/mol. The third-order valence-electron chi connectivity index (χ3n) is 4.31. The lowest BCUT2D eigenvalue weighted by molar-refractivity contribution is -0.376. The van der Waals surface area contributed by atoms with Gasteiger partial charge in [0.2, 0.25) is 15.9 Å². The lowest BCUT2D eigenvalue weighted by Crippen LogP contribution is -2.53. The molecule has 0 bridgehead atoms. The molecule has 0 aliphatic carbocycles. The molecule has 0 radical (unpaired) electrons. The van der Waals surface area contributed by atoms with Gasteiger partial charge in [-0.1, -0.05) is 31.2 Å². The second-order valence-corrected chi connectivity index (χ2v) is 8.42. The molecule has 0 fully saturated rings. The highest BCUT2D eigenvalue weighted by Gasteiger charge is 2.71. The Morgan fingerprint density at radius 1 is 0.969 bits per heavy atom. The molecule has 0 spiro atoms. The van der Waals surface area contributed by atoms with Crippen LogP contribution in [0, 0.1) is 0 Å². The third-order valence-corrected chi connectivity index (χ3v) is 5.86. The van der Waals surface area contributed by atoms with Crippen molar-refractivity contribution in [2.45, 2.75) is 36.2 Å². The Morgan fingerprint density at radius 3 is 2.03 bits per heavy atom. The van der Waals surface area contributed by atoms with Crippen LogP contribution in [0.25, 0.3) is 0 Å². The average Bonchev–Trinajstić information content (AvgIpc) is 2.66. The predicted octanol–water partition coefficient (Wildman–Crippen LogP) is 3.48. The smallest absolute Gasteiger partial charge is 0.369 e. The van der Waals surface area contributed by atoms with Crippen LogP contribution in [-0.4, -0.2) is 38.3 Å². The standard InChI is InChI=1S/C19H18F6N2O4S/c1-2-26-32(30,31)15-5-3-4-12(10-15)11-16(28)27-14-8-6-13(7-9-14)17(29,18(20,21)22)19(23,24)25/h3-10,26,29H,2,11H2,1H3,(H,27,28). The Labute approximate surface area is 179 Å². The summed E-state index contributed by atoms with van der Waals surface area (Å²) in [6, 6.07) is 7.83. The molecule has 2 rings (SSSR count). The number of carbonyl (C=O) groups excluding carboxylic acids is 1. The number of sulfonamides is 1. The van der Waals surface area contributed by atoms with E-state index in [0.29, 0.717) is 17.7 Å². The minimum absolute atomic E-state index is 0.0763. The van der Waals surface area contributed by atoms with Crippen LogP contribution in [0.1, 0.15) is 18.1 Å². The fourth-order valence-electron chi connectivity index (χ4n) is 2.77. The van der Waals surface area contributed by atoms with Gasteiger partial charge in [0.05, 0.1) is 11.3 Å². The number of rotatable bonds is 7. The van der Waals surface area contributed by atoms with Crippen LogP contribution in [0.15, 0.2) is 53.4 Å². The fourth-order valence-corrected chi connectivity index (χ4v) is 3.88. The molecule has 2 aromatic rings. The second-order valence-electron chi connectivity index (χ2n) is 6.66. The zero-order chi connectivity index (χ0) is 24.4. The summed E-state index contributed by atoms with van der Waals surface area (Å²) < 4.78 is 104. The van der Waals surface area contributed by atoms with E-state index in [-0.39, 0.29) is 23.5 Å². The van der Waals surface area contributed by atoms with E-state index in [1.807, 2.05) is 0 Å². The number of carbonyl (C=O) groups is 1. The molecule has 2 aromatic carbocycles. The molecule has 32 heavy (non-hydrogen) atoms. The van der Waals surface area contributed by atoms with Gasteiger partial charge in [-0.3, -0.25) is 4.79 Å². The Hall–Kier alpha value is -2.64. The molecule has 0 aliphatic rings. The molecule has 3 N–H and O–H groups in total. The Balaban J connectivity index is 2.18. The summed E-state index contributed by atoms with van der Waals surface area (Å²) >= 11 is 0. The van der Waals surface area contributed by atoms with Crippen LogP contribution in [0.5, 0.6) is 0 Å². The van der Waals surface area contributed by atoms with E-state index in [1.54, 1.807) is 6.92 Å². The van der Waals surface area contributed by atoms with E-state index in [0.717, 1.165) is 12.1 Å². The molecule has 0 atom stereocenters. The van der Waals surface area contributed by atoms with E-state index in [2.05, 4.69) is 10.0 Å². The first kappa shape index (κ1) is 25.6. The third kappa shape index (κ3) is 5.40. The number of nitrogens with one attached hydrogen (secondary N) is 2. The zero-order valence-corrected chi connectivity index (χ0v) is 17.2. The Kier molecular flexibility index (Phi) is 7.27. The van der Waals surface area contributed by atoms with Crippen LogP contribution in [0.3, 0.4) is 0 Å². The first-order valence-electron chi connectivity index (χ1n) is 8.96. The van der Waals surface area contributed by atoms with Gasteiger partial charge in [0.15, 0.2) is 0 Å². The molecule has 0 aliphatic heterocycles. The van der Waals surface area contributed by atoms with E-state index in [9.17, 15) is 44.7 Å². The van der Waals surface area contributed by atoms with Gasteiger partial charge in [-0.15, -0.1) is 0 Å². The molecular weight excluding hydrogens is 466 g/mol. The quantitative estimate of drug-likeness (QED) is 0.525. The van der Waals surface area contributed by atoms with Gasteiger partial charge in [-0.25, -0.2) is 13.1 Å². The maximum absolute atomic E-state index is 12.9. The number of alkyl halides is 6. The van der Waals surface area contributed by atoms with E-state index >= 15 is 0 Å². The lowest BCUT2D eigenvalue weighted by atomic mass is 9.92. The summed E-state index contributed by atoms with van der Waals surface area (Å²) in [4.78, 5) is 12.1. The highest BCUT2D eigenvalue weighted by atomic mass is 32.2. The molecule has 6 nitrogen and oxygen atoms in total. The summed E-state index contributed by atoms with van der Waals surface area (Å²) in [5.74, 6) is -0.697. The number of hydrogen-bond acceptors (Lipinski definition) is 4. The van der Waals surface area contributed by atoms with E-state index in [1.165, 1.54) is 24.3 Å². The Morgan fingerprint density at radius 2 is 1.53 bits per heavy atom. The molecule has 0 saturated carbocycles. The predicted molar refractivity (Wildman–Crippen MR) is 102 cm³/mol. The molecule has 176 valence electrons. The zero-order valence-electron chi connectivity index (χ0n) is 16.4. The second kappa shape index (κ2) is 9.08. The largest absolute Gasteiger partial charge is 0.430 e. The van der Waals surface area contributed by atoms with Crippen molar-refractivity contribution >= 4 is 21.6 Å². The van der Waals surface area contributed by atoms with E-state index < -0.39 is 39.4 Å². The van der Waals surface area contributed by atoms with Crippen molar-refractivity contribution in [2.75, 3.05) is 11.9 Å². The van der Waals surface area contributed by atoms with Gasteiger partial charge in [0.1, 0.15) is 0 Å². The number of benzene rings is 2. The van der Waals surface area contributed by atoms with Gasteiger partial charge in [-0.05, 0) is 29.8 Å². The summed E-state index contributed by atoms with van der Waals surface area (Å²) in [5.41, 5.74) is -6.35. The van der Waals surface area contributed by atoms with Crippen LogP contribution in [0.4, 0.5) is 32.0 Å². The van der Waals surface area contributed by atoms with Crippen LogP contribution in [-0.2, 0) is 26.8 Å². The number of amides is 1. The van der Waals surface area contributed by atoms with Crippen LogP contribution < -0.4 is 10.0 Å². The highest BCUT2D eigenvalue weighted by molar-refractivity contribution is 7.89. The first-order valence-corrected chi connectivity index (χ1v) is 10.4. The lowest BCUT2D eigenvalue weighted by Gasteiger charge is -2.32. The van der Waals surface area contributed by atoms with Crippen molar-refractivity contribution in [3.8, 4) is 0 Å². The molecule has 0 unspecified atom stereocenters. The molecular formula is C19H18F6N2O4S. The van der Waals surface area contributed by atoms with Gasteiger partial charge >= 0.3 is 12.4 Å².